The van der Waals surface area contributed by atoms with Crippen LogP contribution in [0.2, 0.25) is 0 Å². The number of benzene rings is 3. The van der Waals surface area contributed by atoms with E-state index in [4.69, 9.17) is 4.74 Å². The van der Waals surface area contributed by atoms with Crippen molar-refractivity contribution in [3.8, 4) is 5.75 Å². The van der Waals surface area contributed by atoms with Gasteiger partial charge in [-0.3, -0.25) is 9.79 Å². The summed E-state index contributed by atoms with van der Waals surface area (Å²) in [5, 5.41) is 2.82. The highest BCUT2D eigenvalue weighted by atomic mass is 16.5. The fourth-order valence-electron chi connectivity index (χ4n) is 2.38. The lowest BCUT2D eigenvalue weighted by molar-refractivity contribution is -0.118. The standard InChI is InChI=1S/C22H20N2O2/c1-17-6-5-9-20(14-17)24-22(25)16-26-21-12-10-18(11-13-21)15-23-19-7-3-2-4-8-19/h2-15H,16H2,1H3,(H,24,25). The number of aryl methyl sites for hydroxylation is 1. The van der Waals surface area contributed by atoms with Crippen LogP contribution in [0.15, 0.2) is 83.9 Å². The second kappa shape index (κ2) is 8.62. The number of rotatable bonds is 6. The van der Waals surface area contributed by atoms with Gasteiger partial charge in [0.1, 0.15) is 5.75 Å². The Labute approximate surface area is 153 Å². The molecule has 4 heteroatoms. The van der Waals surface area contributed by atoms with Crippen LogP contribution in [-0.2, 0) is 4.79 Å². The number of amides is 1. The number of ether oxygens (including phenoxy) is 1. The highest BCUT2D eigenvalue weighted by Gasteiger charge is 2.04. The van der Waals surface area contributed by atoms with Crippen molar-refractivity contribution in [3.05, 3.63) is 90.0 Å². The van der Waals surface area contributed by atoms with E-state index in [1.807, 2.05) is 85.8 Å². The van der Waals surface area contributed by atoms with Gasteiger partial charge in [-0.15, -0.1) is 0 Å². The zero-order valence-electron chi connectivity index (χ0n) is 14.6. The number of hydrogen-bond donors (Lipinski definition) is 1. The van der Waals surface area contributed by atoms with Crippen LogP contribution in [0.1, 0.15) is 11.1 Å². The molecular formula is C22H20N2O2. The number of hydrogen-bond acceptors (Lipinski definition) is 3. The first-order valence-corrected chi connectivity index (χ1v) is 8.37. The van der Waals surface area contributed by atoms with Crippen molar-refractivity contribution >= 4 is 23.5 Å². The largest absolute Gasteiger partial charge is 0.484 e. The van der Waals surface area contributed by atoms with Gasteiger partial charge in [0.05, 0.1) is 5.69 Å². The average molecular weight is 344 g/mol. The fourth-order valence-corrected chi connectivity index (χ4v) is 2.38. The van der Waals surface area contributed by atoms with Crippen molar-refractivity contribution in [3.63, 3.8) is 0 Å². The third-order valence-corrected chi connectivity index (χ3v) is 3.67. The van der Waals surface area contributed by atoms with Gasteiger partial charge in [-0.25, -0.2) is 0 Å². The molecule has 3 rings (SSSR count). The molecule has 0 bridgehead atoms. The molecule has 0 aromatic heterocycles. The van der Waals surface area contributed by atoms with Crippen molar-refractivity contribution in [1.29, 1.82) is 0 Å². The molecule has 0 fully saturated rings. The average Bonchev–Trinajstić information content (AvgIpc) is 2.66. The van der Waals surface area contributed by atoms with E-state index in [1.165, 1.54) is 0 Å². The number of anilines is 1. The van der Waals surface area contributed by atoms with Gasteiger partial charge in [0, 0.05) is 11.9 Å². The predicted octanol–water partition coefficient (Wildman–Crippen LogP) is 4.76. The van der Waals surface area contributed by atoms with Gasteiger partial charge < -0.3 is 10.1 Å². The van der Waals surface area contributed by atoms with E-state index < -0.39 is 0 Å². The van der Waals surface area contributed by atoms with E-state index in [-0.39, 0.29) is 12.5 Å². The summed E-state index contributed by atoms with van der Waals surface area (Å²) in [6.07, 6.45) is 1.80. The molecule has 0 atom stereocenters. The zero-order chi connectivity index (χ0) is 18.2. The minimum atomic E-state index is -0.190. The number of para-hydroxylation sites is 1. The first kappa shape index (κ1) is 17.4. The van der Waals surface area contributed by atoms with Crippen molar-refractivity contribution in [2.24, 2.45) is 4.99 Å². The molecule has 0 unspecified atom stereocenters. The Hall–Kier alpha value is -3.40. The van der Waals surface area contributed by atoms with Gasteiger partial charge in [0.15, 0.2) is 6.61 Å². The van der Waals surface area contributed by atoms with Crippen molar-refractivity contribution in [1.82, 2.24) is 0 Å². The van der Waals surface area contributed by atoms with Crippen molar-refractivity contribution in [2.75, 3.05) is 11.9 Å². The Kier molecular flexibility index (Phi) is 5.78. The van der Waals surface area contributed by atoms with Crippen LogP contribution >= 0.6 is 0 Å². The summed E-state index contributed by atoms with van der Waals surface area (Å²) < 4.78 is 5.53. The van der Waals surface area contributed by atoms with E-state index >= 15 is 0 Å². The van der Waals surface area contributed by atoms with E-state index in [0.717, 1.165) is 22.5 Å². The lowest BCUT2D eigenvalue weighted by Crippen LogP contribution is -2.20. The number of aliphatic imine (C=N–C) groups is 1. The van der Waals surface area contributed by atoms with Gasteiger partial charge in [-0.05, 0) is 66.6 Å². The van der Waals surface area contributed by atoms with Crippen LogP contribution in [0.25, 0.3) is 0 Å². The second-order valence-corrected chi connectivity index (χ2v) is 5.87. The minimum Gasteiger partial charge on any atom is -0.484 e. The van der Waals surface area contributed by atoms with E-state index in [9.17, 15) is 4.79 Å². The van der Waals surface area contributed by atoms with Gasteiger partial charge in [0.25, 0.3) is 5.91 Å². The Morgan fingerprint density at radius 2 is 1.77 bits per heavy atom. The van der Waals surface area contributed by atoms with Gasteiger partial charge in [-0.2, -0.15) is 0 Å². The normalized spacial score (nSPS) is 10.7. The van der Waals surface area contributed by atoms with Crippen LogP contribution in [-0.4, -0.2) is 18.7 Å². The maximum absolute atomic E-state index is 12.0. The molecule has 26 heavy (non-hydrogen) atoms. The molecule has 0 aliphatic rings. The van der Waals surface area contributed by atoms with E-state index in [0.29, 0.717) is 5.75 Å². The molecule has 0 radical (unpaired) electrons. The van der Waals surface area contributed by atoms with Crippen LogP contribution in [0.3, 0.4) is 0 Å². The first-order valence-electron chi connectivity index (χ1n) is 8.37. The van der Waals surface area contributed by atoms with Crippen molar-refractivity contribution in [2.45, 2.75) is 6.92 Å². The maximum Gasteiger partial charge on any atom is 0.262 e. The Morgan fingerprint density at radius 1 is 1.00 bits per heavy atom. The summed E-state index contributed by atoms with van der Waals surface area (Å²) in [5.41, 5.74) is 3.73. The topological polar surface area (TPSA) is 50.7 Å². The Bertz CT molecular complexity index is 888. The fraction of sp³-hybridized carbons (Fsp3) is 0.0909. The minimum absolute atomic E-state index is 0.0363. The molecular weight excluding hydrogens is 324 g/mol. The number of nitrogens with zero attached hydrogens (tertiary/aromatic N) is 1. The molecule has 4 nitrogen and oxygen atoms in total. The quantitative estimate of drug-likeness (QED) is 0.655. The molecule has 0 aliphatic carbocycles. The Balaban J connectivity index is 1.51. The SMILES string of the molecule is Cc1cccc(NC(=O)COc2ccc(C=Nc3ccccc3)cc2)c1. The molecule has 1 N–H and O–H groups in total. The first-order chi connectivity index (χ1) is 12.7. The van der Waals surface area contributed by atoms with Crippen molar-refractivity contribution < 1.29 is 9.53 Å². The zero-order valence-corrected chi connectivity index (χ0v) is 14.6. The van der Waals surface area contributed by atoms with E-state index in [1.54, 1.807) is 6.21 Å². The summed E-state index contributed by atoms with van der Waals surface area (Å²) >= 11 is 0. The third-order valence-electron chi connectivity index (χ3n) is 3.67. The monoisotopic (exact) mass is 344 g/mol. The molecule has 0 saturated heterocycles. The lowest BCUT2D eigenvalue weighted by atomic mass is 10.2. The lowest BCUT2D eigenvalue weighted by Gasteiger charge is -2.08. The van der Waals surface area contributed by atoms with Gasteiger partial charge in [0.2, 0.25) is 0 Å². The summed E-state index contributed by atoms with van der Waals surface area (Å²) in [6.45, 7) is 1.94. The Morgan fingerprint density at radius 3 is 2.50 bits per heavy atom. The molecule has 1 amide bonds. The molecule has 3 aromatic rings. The number of carbonyl (C=O) groups is 1. The third kappa shape index (κ3) is 5.31. The predicted molar refractivity (Wildman–Crippen MR) is 105 cm³/mol. The van der Waals surface area contributed by atoms with Gasteiger partial charge in [-0.1, -0.05) is 30.3 Å². The molecule has 130 valence electrons. The summed E-state index contributed by atoms with van der Waals surface area (Å²) in [6, 6.07) is 24.9. The number of nitrogens with one attached hydrogen (secondary N) is 1. The smallest absolute Gasteiger partial charge is 0.262 e. The molecule has 3 aromatic carbocycles. The highest BCUT2D eigenvalue weighted by Crippen LogP contribution is 2.14. The summed E-state index contributed by atoms with van der Waals surface area (Å²) in [5.74, 6) is 0.451. The molecule has 0 heterocycles. The summed E-state index contributed by atoms with van der Waals surface area (Å²) in [4.78, 5) is 16.4. The molecule has 0 aliphatic heterocycles. The van der Waals surface area contributed by atoms with Crippen LogP contribution < -0.4 is 10.1 Å². The number of carbonyl (C=O) groups excluding carboxylic acids is 1. The van der Waals surface area contributed by atoms with Gasteiger partial charge >= 0.3 is 0 Å². The molecule has 0 saturated carbocycles. The van der Waals surface area contributed by atoms with E-state index in [2.05, 4.69) is 10.3 Å². The summed E-state index contributed by atoms with van der Waals surface area (Å²) in [7, 11) is 0. The highest BCUT2D eigenvalue weighted by molar-refractivity contribution is 5.92. The maximum atomic E-state index is 12.0. The van der Waals surface area contributed by atoms with Crippen LogP contribution in [0, 0.1) is 6.92 Å². The van der Waals surface area contributed by atoms with Crippen LogP contribution in [0.5, 0.6) is 5.75 Å². The second-order valence-electron chi connectivity index (χ2n) is 5.87. The van der Waals surface area contributed by atoms with Crippen LogP contribution in [0.4, 0.5) is 11.4 Å². The molecule has 0 spiro atoms.